The molecule has 0 aromatic heterocycles. The number of benzene rings is 3. The van der Waals surface area contributed by atoms with Gasteiger partial charge in [-0.3, -0.25) is 9.59 Å². The van der Waals surface area contributed by atoms with E-state index in [1.807, 2.05) is 60.7 Å². The number of thioether (sulfide) groups is 1. The topological polar surface area (TPSA) is 64.6 Å². The van der Waals surface area contributed by atoms with E-state index in [-0.39, 0.29) is 24.1 Å². The van der Waals surface area contributed by atoms with Crippen LogP contribution in [0.1, 0.15) is 5.56 Å². The molecule has 0 unspecified atom stereocenters. The number of amides is 1. The van der Waals surface area contributed by atoms with E-state index in [0.29, 0.717) is 11.4 Å². The normalized spacial score (nSPS) is 10.5. The van der Waals surface area contributed by atoms with Crippen molar-refractivity contribution in [3.63, 3.8) is 0 Å². The second-order valence-electron chi connectivity index (χ2n) is 6.08. The highest BCUT2D eigenvalue weighted by Gasteiger charge is 2.16. The van der Waals surface area contributed by atoms with Gasteiger partial charge in [0.1, 0.15) is 5.75 Å². The van der Waals surface area contributed by atoms with E-state index in [9.17, 15) is 9.59 Å². The average Bonchev–Trinajstić information content (AvgIpc) is 2.72. The van der Waals surface area contributed by atoms with Crippen LogP contribution in [0.4, 0.5) is 5.69 Å². The first-order valence-electron chi connectivity index (χ1n) is 8.75. The Morgan fingerprint density at radius 1 is 0.964 bits per heavy atom. The zero-order valence-electron chi connectivity index (χ0n) is 15.7. The number of ether oxygens (including phenoxy) is 2. The maximum absolute atomic E-state index is 12.6. The van der Waals surface area contributed by atoms with Gasteiger partial charge in [-0.2, -0.15) is 0 Å². The highest BCUT2D eigenvalue weighted by molar-refractivity contribution is 8.00. The standard InChI is InChI=1S/C22H21NO4S/c1-26-21(25)14-28-19-13-18(16-10-6-7-11-17(16)22(19)27-2)23-20(24)12-15-8-4-3-5-9-15/h3-11,13H,12,14H2,1-2H3,(H,23,24). The summed E-state index contributed by atoms with van der Waals surface area (Å²) in [6.45, 7) is 0. The van der Waals surface area contributed by atoms with Crippen molar-refractivity contribution in [3.8, 4) is 5.75 Å². The van der Waals surface area contributed by atoms with Gasteiger partial charge >= 0.3 is 5.97 Å². The lowest BCUT2D eigenvalue weighted by molar-refractivity contribution is -0.137. The fourth-order valence-electron chi connectivity index (χ4n) is 2.92. The van der Waals surface area contributed by atoms with Gasteiger partial charge in [-0.15, -0.1) is 11.8 Å². The highest BCUT2D eigenvalue weighted by Crippen LogP contribution is 2.40. The number of hydrogen-bond acceptors (Lipinski definition) is 5. The Kier molecular flexibility index (Phi) is 6.55. The van der Waals surface area contributed by atoms with Gasteiger partial charge in [0.2, 0.25) is 5.91 Å². The molecule has 0 fully saturated rings. The van der Waals surface area contributed by atoms with Crippen LogP contribution in [0.3, 0.4) is 0 Å². The predicted octanol–water partition coefficient (Wildman–Crippen LogP) is 4.29. The highest BCUT2D eigenvalue weighted by atomic mass is 32.2. The first-order chi connectivity index (χ1) is 13.6. The summed E-state index contributed by atoms with van der Waals surface area (Å²) in [7, 11) is 2.95. The minimum atomic E-state index is -0.324. The monoisotopic (exact) mass is 395 g/mol. The summed E-state index contributed by atoms with van der Waals surface area (Å²) >= 11 is 1.31. The Morgan fingerprint density at radius 3 is 2.32 bits per heavy atom. The predicted molar refractivity (Wildman–Crippen MR) is 112 cm³/mol. The van der Waals surface area contributed by atoms with Crippen molar-refractivity contribution in [1.82, 2.24) is 0 Å². The van der Waals surface area contributed by atoms with Crippen LogP contribution in [0.25, 0.3) is 10.8 Å². The second-order valence-corrected chi connectivity index (χ2v) is 7.09. The number of carbonyl (C=O) groups excluding carboxylic acids is 2. The maximum atomic E-state index is 12.6. The number of methoxy groups -OCH3 is 2. The Balaban J connectivity index is 1.93. The van der Waals surface area contributed by atoms with Gasteiger partial charge in [0.15, 0.2) is 0 Å². The number of esters is 1. The van der Waals surface area contributed by atoms with Gasteiger partial charge < -0.3 is 14.8 Å². The molecule has 0 aliphatic carbocycles. The number of rotatable bonds is 7. The third-order valence-corrected chi connectivity index (χ3v) is 5.21. The van der Waals surface area contributed by atoms with E-state index in [0.717, 1.165) is 21.2 Å². The number of nitrogens with one attached hydrogen (secondary N) is 1. The van der Waals surface area contributed by atoms with Crippen LogP contribution in [0.15, 0.2) is 65.6 Å². The molecule has 0 aliphatic rings. The van der Waals surface area contributed by atoms with Crippen LogP contribution in [-0.2, 0) is 20.7 Å². The molecule has 1 amide bonds. The van der Waals surface area contributed by atoms with E-state index < -0.39 is 0 Å². The quantitative estimate of drug-likeness (QED) is 0.477. The average molecular weight is 395 g/mol. The van der Waals surface area contributed by atoms with Gasteiger partial charge in [-0.1, -0.05) is 54.6 Å². The number of anilines is 1. The van der Waals surface area contributed by atoms with Crippen LogP contribution < -0.4 is 10.1 Å². The molecular formula is C22H21NO4S. The van der Waals surface area contributed by atoms with Crippen LogP contribution in [0.5, 0.6) is 5.75 Å². The van der Waals surface area contributed by atoms with E-state index in [4.69, 9.17) is 9.47 Å². The van der Waals surface area contributed by atoms with Crippen molar-refractivity contribution in [2.45, 2.75) is 11.3 Å². The van der Waals surface area contributed by atoms with Crippen LogP contribution in [0, 0.1) is 0 Å². The Hall–Kier alpha value is -2.99. The molecule has 0 saturated carbocycles. The molecule has 3 rings (SSSR count). The smallest absolute Gasteiger partial charge is 0.315 e. The van der Waals surface area contributed by atoms with E-state index in [1.54, 1.807) is 7.11 Å². The van der Waals surface area contributed by atoms with Gasteiger partial charge in [-0.25, -0.2) is 0 Å². The Morgan fingerprint density at radius 2 is 1.64 bits per heavy atom. The molecular weight excluding hydrogens is 374 g/mol. The molecule has 6 heteroatoms. The van der Waals surface area contributed by atoms with E-state index in [1.165, 1.54) is 18.9 Å². The fourth-order valence-corrected chi connectivity index (χ4v) is 3.83. The summed E-state index contributed by atoms with van der Waals surface area (Å²) in [4.78, 5) is 24.9. The molecule has 28 heavy (non-hydrogen) atoms. The first-order valence-corrected chi connectivity index (χ1v) is 9.74. The number of fused-ring (bicyclic) bond motifs is 1. The van der Waals surface area contributed by atoms with Crippen LogP contribution >= 0.6 is 11.8 Å². The van der Waals surface area contributed by atoms with Crippen molar-refractivity contribution in [2.75, 3.05) is 25.3 Å². The van der Waals surface area contributed by atoms with E-state index >= 15 is 0 Å². The van der Waals surface area contributed by atoms with Crippen LogP contribution in [0.2, 0.25) is 0 Å². The summed E-state index contributed by atoms with van der Waals surface area (Å²) in [5, 5.41) is 4.75. The van der Waals surface area contributed by atoms with Gasteiger partial charge in [0.05, 0.1) is 31.3 Å². The van der Waals surface area contributed by atoms with Crippen molar-refractivity contribution in [1.29, 1.82) is 0 Å². The van der Waals surface area contributed by atoms with Crippen molar-refractivity contribution < 1.29 is 19.1 Å². The largest absolute Gasteiger partial charge is 0.495 e. The minimum absolute atomic E-state index is 0.106. The van der Waals surface area contributed by atoms with Crippen molar-refractivity contribution in [2.24, 2.45) is 0 Å². The molecule has 0 atom stereocenters. The van der Waals surface area contributed by atoms with Gasteiger partial charge in [-0.05, 0) is 11.6 Å². The molecule has 3 aromatic carbocycles. The zero-order chi connectivity index (χ0) is 19.9. The third kappa shape index (κ3) is 4.64. The number of carbonyl (C=O) groups is 2. The molecule has 0 spiro atoms. The lowest BCUT2D eigenvalue weighted by Crippen LogP contribution is -2.15. The van der Waals surface area contributed by atoms with Gasteiger partial charge in [0, 0.05) is 16.5 Å². The molecule has 1 N–H and O–H groups in total. The molecule has 3 aromatic rings. The number of hydrogen-bond donors (Lipinski definition) is 1. The molecule has 5 nitrogen and oxygen atoms in total. The fraction of sp³-hybridized carbons (Fsp3) is 0.182. The van der Waals surface area contributed by atoms with Gasteiger partial charge in [0.25, 0.3) is 0 Å². The molecule has 144 valence electrons. The lowest BCUT2D eigenvalue weighted by Gasteiger charge is -2.16. The van der Waals surface area contributed by atoms with Crippen molar-refractivity contribution in [3.05, 3.63) is 66.2 Å². The lowest BCUT2D eigenvalue weighted by atomic mass is 10.1. The molecule has 0 radical (unpaired) electrons. The molecule has 0 saturated heterocycles. The van der Waals surface area contributed by atoms with Crippen LogP contribution in [-0.4, -0.2) is 31.8 Å². The third-order valence-electron chi connectivity index (χ3n) is 4.22. The second kappa shape index (κ2) is 9.28. The summed E-state index contributed by atoms with van der Waals surface area (Å²) in [5.41, 5.74) is 1.63. The molecule has 0 heterocycles. The minimum Gasteiger partial charge on any atom is -0.495 e. The maximum Gasteiger partial charge on any atom is 0.315 e. The Bertz CT molecular complexity index is 988. The summed E-state index contributed by atoms with van der Waals surface area (Å²) < 4.78 is 10.3. The SMILES string of the molecule is COC(=O)CSc1cc(NC(=O)Cc2ccccc2)c2ccccc2c1OC. The summed E-state index contributed by atoms with van der Waals surface area (Å²) in [6, 6.07) is 19.1. The zero-order valence-corrected chi connectivity index (χ0v) is 16.5. The molecule has 0 bridgehead atoms. The summed E-state index contributed by atoms with van der Waals surface area (Å²) in [6.07, 6.45) is 0.284. The molecule has 0 aliphatic heterocycles. The Labute approximate surface area is 168 Å². The van der Waals surface area contributed by atoms with Crippen molar-refractivity contribution >= 4 is 40.1 Å². The first kappa shape index (κ1) is 19.8. The summed E-state index contributed by atoms with van der Waals surface area (Å²) in [5.74, 6) is 0.397. The van der Waals surface area contributed by atoms with E-state index in [2.05, 4.69) is 5.32 Å².